The van der Waals surface area contributed by atoms with Gasteiger partial charge in [-0.2, -0.15) is 5.10 Å². The van der Waals surface area contributed by atoms with Gasteiger partial charge >= 0.3 is 0 Å². The van der Waals surface area contributed by atoms with Gasteiger partial charge in [0.05, 0.1) is 17.3 Å². The van der Waals surface area contributed by atoms with Gasteiger partial charge in [-0.25, -0.2) is 4.98 Å². The van der Waals surface area contributed by atoms with Crippen molar-refractivity contribution in [3.05, 3.63) is 35.4 Å². The number of fused-ring (bicyclic) bond motifs is 1. The summed E-state index contributed by atoms with van der Waals surface area (Å²) in [7, 11) is 0. The maximum absolute atomic E-state index is 5.82. The predicted molar refractivity (Wildman–Crippen MR) is 62.4 cm³/mol. The average molecular weight is 239 g/mol. The molecule has 0 radical (unpaired) electrons. The van der Waals surface area contributed by atoms with Crippen LogP contribution < -0.4 is 15.9 Å². The number of aromatic nitrogens is 1. The molecule has 3 N–H and O–H groups in total. The van der Waals surface area contributed by atoms with E-state index in [1.165, 1.54) is 0 Å². The van der Waals surface area contributed by atoms with E-state index in [1.54, 1.807) is 12.3 Å². The van der Waals surface area contributed by atoms with Gasteiger partial charge in [-0.15, -0.1) is 0 Å². The third-order valence-corrected chi connectivity index (χ3v) is 2.23. The van der Waals surface area contributed by atoms with Crippen molar-refractivity contribution in [2.75, 3.05) is 6.61 Å². The monoisotopic (exact) mass is 238 g/mol. The molecule has 0 atom stereocenters. The van der Waals surface area contributed by atoms with Crippen LogP contribution in [0, 0.1) is 0 Å². The zero-order valence-corrected chi connectivity index (χ0v) is 9.29. The van der Waals surface area contributed by atoms with E-state index in [0.717, 1.165) is 5.71 Å². The Kier molecular flexibility index (Phi) is 2.96. The maximum atomic E-state index is 5.82. The number of hydrogen-bond acceptors (Lipinski definition) is 5. The van der Waals surface area contributed by atoms with Crippen molar-refractivity contribution >= 4 is 17.3 Å². The molecule has 0 aliphatic carbocycles. The molecule has 16 heavy (non-hydrogen) atoms. The molecule has 0 aromatic carbocycles. The highest BCUT2D eigenvalue weighted by Gasteiger charge is 2.18. The van der Waals surface area contributed by atoms with Gasteiger partial charge in [-0.05, 0) is 0 Å². The Morgan fingerprint density at radius 1 is 1.69 bits per heavy atom. The average Bonchev–Trinajstić information content (AvgIpc) is 2.25. The lowest BCUT2D eigenvalue weighted by atomic mass is 10.1. The smallest absolute Gasteiger partial charge is 0.148 e. The van der Waals surface area contributed by atoms with E-state index < -0.39 is 0 Å². The molecule has 0 saturated heterocycles. The highest BCUT2D eigenvalue weighted by atomic mass is 35.5. The molecule has 2 rings (SSSR count). The first-order chi connectivity index (χ1) is 7.66. The second-order valence-electron chi connectivity index (χ2n) is 3.29. The SMILES string of the molecule is C=C(N)N/N=C1/CCOc2cc(Cl)cnc21. The number of nitrogens with one attached hydrogen (secondary N) is 1. The van der Waals surface area contributed by atoms with Gasteiger partial charge in [0.2, 0.25) is 0 Å². The molecule has 0 fully saturated rings. The van der Waals surface area contributed by atoms with Gasteiger partial charge in [0.1, 0.15) is 17.3 Å². The lowest BCUT2D eigenvalue weighted by Gasteiger charge is -2.18. The summed E-state index contributed by atoms with van der Waals surface area (Å²) in [5, 5.41) is 4.65. The fraction of sp³-hybridized carbons (Fsp3) is 0.200. The molecule has 2 heterocycles. The van der Waals surface area contributed by atoms with Crippen molar-refractivity contribution in [3.63, 3.8) is 0 Å². The van der Waals surface area contributed by atoms with Crippen LogP contribution in [0.5, 0.6) is 5.75 Å². The minimum atomic E-state index is 0.287. The number of hydrazone groups is 1. The summed E-state index contributed by atoms with van der Waals surface area (Å²) in [5.41, 5.74) is 9.45. The van der Waals surface area contributed by atoms with Crippen LogP contribution in [0.15, 0.2) is 29.8 Å². The molecule has 6 heteroatoms. The Labute approximate surface area is 98.0 Å². The number of nitrogens with two attached hydrogens (primary N) is 1. The second-order valence-corrected chi connectivity index (χ2v) is 3.73. The van der Waals surface area contributed by atoms with E-state index >= 15 is 0 Å². The Hall–Kier alpha value is -1.75. The topological polar surface area (TPSA) is 72.5 Å². The van der Waals surface area contributed by atoms with Gasteiger partial charge < -0.3 is 10.5 Å². The summed E-state index contributed by atoms with van der Waals surface area (Å²) in [6.07, 6.45) is 2.23. The van der Waals surface area contributed by atoms with Crippen molar-refractivity contribution in [2.24, 2.45) is 10.8 Å². The van der Waals surface area contributed by atoms with Crippen LogP contribution in [0.25, 0.3) is 0 Å². The van der Waals surface area contributed by atoms with E-state index in [2.05, 4.69) is 22.1 Å². The Morgan fingerprint density at radius 2 is 2.50 bits per heavy atom. The van der Waals surface area contributed by atoms with Crippen molar-refractivity contribution in [1.29, 1.82) is 0 Å². The molecule has 84 valence electrons. The number of ether oxygens (including phenoxy) is 1. The molecule has 5 nitrogen and oxygen atoms in total. The molecule has 0 spiro atoms. The number of nitrogens with zero attached hydrogens (tertiary/aromatic N) is 2. The molecule has 1 aromatic heterocycles. The Bertz CT molecular complexity index is 458. The van der Waals surface area contributed by atoms with Crippen molar-refractivity contribution in [2.45, 2.75) is 6.42 Å². The molecule has 1 aliphatic rings. The quantitative estimate of drug-likeness (QED) is 0.761. The fourth-order valence-corrected chi connectivity index (χ4v) is 1.52. The van der Waals surface area contributed by atoms with Crippen LogP contribution in [0.4, 0.5) is 0 Å². The summed E-state index contributed by atoms with van der Waals surface area (Å²) in [4.78, 5) is 4.18. The summed E-state index contributed by atoms with van der Waals surface area (Å²) < 4.78 is 5.43. The minimum Gasteiger partial charge on any atom is -0.491 e. The van der Waals surface area contributed by atoms with Crippen LogP contribution in [0.1, 0.15) is 12.1 Å². The lowest BCUT2D eigenvalue weighted by Crippen LogP contribution is -2.22. The fourth-order valence-electron chi connectivity index (χ4n) is 1.37. The van der Waals surface area contributed by atoms with Gasteiger partial charge in [0, 0.05) is 18.7 Å². The summed E-state index contributed by atoms with van der Waals surface area (Å²) in [5.74, 6) is 0.927. The van der Waals surface area contributed by atoms with Crippen molar-refractivity contribution < 1.29 is 4.74 Å². The van der Waals surface area contributed by atoms with Crippen LogP contribution in [0.2, 0.25) is 5.02 Å². The summed E-state index contributed by atoms with van der Waals surface area (Å²) >= 11 is 5.82. The van der Waals surface area contributed by atoms with Crippen LogP contribution >= 0.6 is 11.6 Å². The normalized spacial score (nSPS) is 16.4. The summed E-state index contributed by atoms with van der Waals surface area (Å²) in [6, 6.07) is 1.72. The highest BCUT2D eigenvalue weighted by molar-refractivity contribution is 6.30. The van der Waals surface area contributed by atoms with E-state index in [1.807, 2.05) is 0 Å². The molecule has 0 unspecified atom stereocenters. The highest BCUT2D eigenvalue weighted by Crippen LogP contribution is 2.25. The number of pyridine rings is 1. The minimum absolute atomic E-state index is 0.287. The van der Waals surface area contributed by atoms with Crippen LogP contribution in [-0.4, -0.2) is 17.3 Å². The molecule has 0 bridgehead atoms. The zero-order chi connectivity index (χ0) is 11.5. The first-order valence-corrected chi connectivity index (χ1v) is 5.10. The van der Waals surface area contributed by atoms with Gasteiger partial charge in [0.15, 0.2) is 0 Å². The lowest BCUT2D eigenvalue weighted by molar-refractivity contribution is 0.318. The predicted octanol–water partition coefficient (Wildman–Crippen LogP) is 1.24. The number of hydrogen-bond donors (Lipinski definition) is 2. The van der Waals surface area contributed by atoms with Crippen LogP contribution in [-0.2, 0) is 0 Å². The third-order valence-electron chi connectivity index (χ3n) is 2.02. The molecular weight excluding hydrogens is 228 g/mol. The van der Waals surface area contributed by atoms with Gasteiger partial charge in [0.25, 0.3) is 0 Å². The van der Waals surface area contributed by atoms with Crippen molar-refractivity contribution in [3.8, 4) is 5.75 Å². The van der Waals surface area contributed by atoms with Crippen LogP contribution in [0.3, 0.4) is 0 Å². The zero-order valence-electron chi connectivity index (χ0n) is 8.53. The first kappa shape index (κ1) is 10.8. The molecular formula is C10H11ClN4O. The van der Waals surface area contributed by atoms with E-state index in [9.17, 15) is 0 Å². The Balaban J connectivity index is 2.33. The van der Waals surface area contributed by atoms with E-state index in [4.69, 9.17) is 22.1 Å². The molecule has 1 aliphatic heterocycles. The molecule has 0 saturated carbocycles. The van der Waals surface area contributed by atoms with E-state index in [-0.39, 0.29) is 5.82 Å². The van der Waals surface area contributed by atoms with Gasteiger partial charge in [-0.3, -0.25) is 5.43 Å². The number of halogens is 1. The van der Waals surface area contributed by atoms with Gasteiger partial charge in [-0.1, -0.05) is 18.2 Å². The molecule has 0 amide bonds. The largest absolute Gasteiger partial charge is 0.491 e. The second kappa shape index (κ2) is 4.40. The Morgan fingerprint density at radius 3 is 3.25 bits per heavy atom. The summed E-state index contributed by atoms with van der Waals surface area (Å²) in [6.45, 7) is 4.04. The van der Waals surface area contributed by atoms with Crippen molar-refractivity contribution in [1.82, 2.24) is 10.4 Å². The first-order valence-electron chi connectivity index (χ1n) is 4.72. The van der Waals surface area contributed by atoms with E-state index in [0.29, 0.717) is 29.5 Å². The molecule has 1 aromatic rings. The third kappa shape index (κ3) is 2.25. The standard InChI is InChI=1S/C10H11ClN4O/c1-6(12)14-15-8-2-3-16-9-4-7(11)5-13-10(8)9/h4-5,14H,1-3,12H2/b15-8-. The maximum Gasteiger partial charge on any atom is 0.148 e. The number of rotatable bonds is 2.